The lowest BCUT2D eigenvalue weighted by Crippen LogP contribution is -2.20. The van der Waals surface area contributed by atoms with Crippen LogP contribution in [0.1, 0.15) is 15.2 Å². The van der Waals surface area contributed by atoms with Crippen molar-refractivity contribution in [1.29, 1.82) is 5.26 Å². The lowest BCUT2D eigenvalue weighted by atomic mass is 10.2. The fourth-order valence-electron chi connectivity index (χ4n) is 1.45. The van der Waals surface area contributed by atoms with Gasteiger partial charge in [0.2, 0.25) is 0 Å². The Kier molecular flexibility index (Phi) is 4.93. The lowest BCUT2D eigenvalue weighted by molar-refractivity contribution is -0.119. The number of ether oxygens (including phenoxy) is 1. The number of carbonyl (C=O) groups excluding carboxylic acids is 2. The van der Waals surface area contributed by atoms with E-state index in [1.165, 1.54) is 6.07 Å². The number of rotatable bonds is 4. The minimum Gasteiger partial charge on any atom is -0.451 e. The normalized spacial score (nSPS) is 9.71. The van der Waals surface area contributed by atoms with E-state index in [-0.39, 0.29) is 0 Å². The van der Waals surface area contributed by atoms with Crippen LogP contribution in [0.5, 0.6) is 0 Å². The number of hydrogen-bond acceptors (Lipinski definition) is 5. The van der Waals surface area contributed by atoms with Crippen LogP contribution in [0.15, 0.2) is 36.4 Å². The Balaban J connectivity index is 1.84. The van der Waals surface area contributed by atoms with E-state index in [2.05, 4.69) is 5.32 Å². The van der Waals surface area contributed by atoms with Crippen LogP contribution in [0.4, 0.5) is 5.69 Å². The highest BCUT2D eigenvalue weighted by atomic mass is 35.5. The van der Waals surface area contributed by atoms with Gasteiger partial charge in [0.15, 0.2) is 6.61 Å². The van der Waals surface area contributed by atoms with Crippen LogP contribution >= 0.6 is 22.9 Å². The molecule has 1 heterocycles. The molecule has 2 rings (SSSR count). The molecule has 0 radical (unpaired) electrons. The summed E-state index contributed by atoms with van der Waals surface area (Å²) < 4.78 is 5.34. The number of amides is 1. The molecular formula is C14H9ClN2O3S. The molecule has 1 aromatic heterocycles. The lowest BCUT2D eigenvalue weighted by Gasteiger charge is -2.05. The Bertz CT molecular complexity index is 704. The van der Waals surface area contributed by atoms with Crippen molar-refractivity contribution in [3.63, 3.8) is 0 Å². The molecule has 0 saturated heterocycles. The van der Waals surface area contributed by atoms with Crippen LogP contribution in [-0.2, 0) is 9.53 Å². The molecule has 1 N–H and O–H groups in total. The molecule has 1 aromatic carbocycles. The van der Waals surface area contributed by atoms with Crippen molar-refractivity contribution in [3.8, 4) is 6.07 Å². The number of nitriles is 1. The van der Waals surface area contributed by atoms with Crippen molar-refractivity contribution in [3.05, 3.63) is 51.2 Å². The fraction of sp³-hybridized carbons (Fsp3) is 0.0714. The van der Waals surface area contributed by atoms with Crippen molar-refractivity contribution in [2.75, 3.05) is 11.9 Å². The van der Waals surface area contributed by atoms with E-state index in [4.69, 9.17) is 21.6 Å². The number of anilines is 1. The largest absolute Gasteiger partial charge is 0.451 e. The van der Waals surface area contributed by atoms with Gasteiger partial charge in [-0.25, -0.2) is 4.79 Å². The van der Waals surface area contributed by atoms with Gasteiger partial charge in [-0.2, -0.15) is 5.26 Å². The quantitative estimate of drug-likeness (QED) is 0.878. The van der Waals surface area contributed by atoms with Gasteiger partial charge in [0.05, 0.1) is 16.0 Å². The summed E-state index contributed by atoms with van der Waals surface area (Å²) in [5.74, 6) is -1.06. The fourth-order valence-corrected chi connectivity index (χ4v) is 2.39. The van der Waals surface area contributed by atoms with Crippen LogP contribution in [0.25, 0.3) is 0 Å². The summed E-state index contributed by atoms with van der Waals surface area (Å²) in [5, 5.41) is 11.2. The Morgan fingerprint density at radius 2 is 1.95 bits per heavy atom. The van der Waals surface area contributed by atoms with Crippen molar-refractivity contribution >= 4 is 40.5 Å². The van der Waals surface area contributed by atoms with Gasteiger partial charge in [-0.05, 0) is 36.4 Å². The molecule has 0 unspecified atom stereocenters. The summed E-state index contributed by atoms with van der Waals surface area (Å²) in [7, 11) is 0. The first-order chi connectivity index (χ1) is 10.1. The molecule has 0 bridgehead atoms. The Morgan fingerprint density at radius 1 is 1.24 bits per heavy atom. The standard InChI is InChI=1S/C14H9ClN2O3S/c15-12-6-5-11(21-12)14(19)20-8-13(18)17-10-3-1-9(7-16)2-4-10/h1-6H,8H2,(H,17,18). The summed E-state index contributed by atoms with van der Waals surface area (Å²) in [6, 6.07) is 11.4. The molecule has 0 aliphatic carbocycles. The molecule has 7 heteroatoms. The minimum atomic E-state index is -0.595. The van der Waals surface area contributed by atoms with Crippen molar-refractivity contribution in [2.45, 2.75) is 0 Å². The number of carbonyl (C=O) groups is 2. The highest BCUT2D eigenvalue weighted by molar-refractivity contribution is 7.17. The zero-order valence-electron chi connectivity index (χ0n) is 10.6. The van der Waals surface area contributed by atoms with Gasteiger partial charge in [0, 0.05) is 5.69 Å². The molecule has 1 amide bonds. The molecule has 0 aliphatic heterocycles. The average molecular weight is 321 g/mol. The van der Waals surface area contributed by atoms with Crippen molar-refractivity contribution < 1.29 is 14.3 Å². The molecule has 21 heavy (non-hydrogen) atoms. The zero-order chi connectivity index (χ0) is 15.2. The third kappa shape index (κ3) is 4.31. The molecule has 0 fully saturated rings. The van der Waals surface area contributed by atoms with E-state index in [1.807, 2.05) is 6.07 Å². The first-order valence-electron chi connectivity index (χ1n) is 5.81. The monoisotopic (exact) mass is 320 g/mol. The van der Waals surface area contributed by atoms with E-state index < -0.39 is 18.5 Å². The number of nitrogens with one attached hydrogen (secondary N) is 1. The van der Waals surface area contributed by atoms with Crippen molar-refractivity contribution in [1.82, 2.24) is 0 Å². The number of thiophene rings is 1. The summed E-state index contributed by atoms with van der Waals surface area (Å²) in [6.45, 7) is -0.394. The summed E-state index contributed by atoms with van der Waals surface area (Å²) in [6.07, 6.45) is 0. The minimum absolute atomic E-state index is 0.339. The topological polar surface area (TPSA) is 79.2 Å². The predicted molar refractivity (Wildman–Crippen MR) is 79.4 cm³/mol. The molecular weight excluding hydrogens is 312 g/mol. The van der Waals surface area contributed by atoms with Gasteiger partial charge >= 0.3 is 5.97 Å². The zero-order valence-corrected chi connectivity index (χ0v) is 12.2. The molecule has 0 saturated carbocycles. The molecule has 2 aromatic rings. The van der Waals surface area contributed by atoms with Crippen LogP contribution in [-0.4, -0.2) is 18.5 Å². The average Bonchev–Trinajstić information content (AvgIpc) is 2.92. The second-order valence-electron chi connectivity index (χ2n) is 3.92. The highest BCUT2D eigenvalue weighted by Crippen LogP contribution is 2.21. The van der Waals surface area contributed by atoms with Crippen molar-refractivity contribution in [2.24, 2.45) is 0 Å². The third-order valence-electron chi connectivity index (χ3n) is 2.41. The van der Waals surface area contributed by atoms with E-state index >= 15 is 0 Å². The molecule has 106 valence electrons. The van der Waals surface area contributed by atoms with E-state index in [1.54, 1.807) is 30.3 Å². The maximum atomic E-state index is 11.6. The van der Waals surface area contributed by atoms with E-state index in [9.17, 15) is 9.59 Å². The molecule has 0 aliphatic rings. The van der Waals surface area contributed by atoms with Gasteiger partial charge in [0.25, 0.3) is 5.91 Å². The van der Waals surface area contributed by atoms with Gasteiger partial charge in [-0.1, -0.05) is 11.6 Å². The summed E-state index contributed by atoms with van der Waals surface area (Å²) >= 11 is 6.79. The Morgan fingerprint density at radius 3 is 2.52 bits per heavy atom. The van der Waals surface area contributed by atoms with Crippen LogP contribution in [0, 0.1) is 11.3 Å². The number of esters is 1. The van der Waals surface area contributed by atoms with Gasteiger partial charge in [0.1, 0.15) is 4.88 Å². The molecule has 0 spiro atoms. The number of hydrogen-bond donors (Lipinski definition) is 1. The smallest absolute Gasteiger partial charge is 0.348 e. The Hall–Kier alpha value is -2.36. The molecule has 0 atom stereocenters. The maximum Gasteiger partial charge on any atom is 0.348 e. The SMILES string of the molecule is N#Cc1ccc(NC(=O)COC(=O)c2ccc(Cl)s2)cc1. The maximum absolute atomic E-state index is 11.6. The van der Waals surface area contributed by atoms with Crippen LogP contribution in [0.2, 0.25) is 4.34 Å². The van der Waals surface area contributed by atoms with E-state index in [0.717, 1.165) is 11.3 Å². The van der Waals surface area contributed by atoms with Crippen LogP contribution in [0.3, 0.4) is 0 Å². The first kappa shape index (κ1) is 15.0. The van der Waals surface area contributed by atoms with Gasteiger partial charge in [-0.3, -0.25) is 4.79 Å². The number of benzene rings is 1. The second kappa shape index (κ2) is 6.88. The van der Waals surface area contributed by atoms with Gasteiger partial charge in [-0.15, -0.1) is 11.3 Å². The van der Waals surface area contributed by atoms with Crippen LogP contribution < -0.4 is 5.32 Å². The number of nitrogens with zero attached hydrogens (tertiary/aromatic N) is 1. The first-order valence-corrected chi connectivity index (χ1v) is 7.00. The second-order valence-corrected chi connectivity index (χ2v) is 5.63. The highest BCUT2D eigenvalue weighted by Gasteiger charge is 2.12. The summed E-state index contributed by atoms with van der Waals surface area (Å²) in [4.78, 5) is 23.6. The Labute approximate surface area is 129 Å². The predicted octanol–water partition coefficient (Wildman–Crippen LogP) is 3.07. The molecule has 5 nitrogen and oxygen atoms in total. The summed E-state index contributed by atoms with van der Waals surface area (Å²) in [5.41, 5.74) is 1.02. The number of halogens is 1. The third-order valence-corrected chi connectivity index (χ3v) is 3.62. The van der Waals surface area contributed by atoms with E-state index in [0.29, 0.717) is 20.5 Å². The van der Waals surface area contributed by atoms with Gasteiger partial charge < -0.3 is 10.1 Å².